The van der Waals surface area contributed by atoms with Crippen LogP contribution in [0, 0.1) is 11.8 Å². The number of nitrogens with one attached hydrogen (secondary N) is 2. The van der Waals surface area contributed by atoms with Crippen LogP contribution in [-0.4, -0.2) is 42.9 Å². The zero-order valence-electron chi connectivity index (χ0n) is 20.5. The molecule has 0 spiro atoms. The zero-order valence-corrected chi connectivity index (χ0v) is 20.5. The maximum atomic E-state index is 13.3. The van der Waals surface area contributed by atoms with E-state index < -0.39 is 54.7 Å². The molecule has 11 heteroatoms. The van der Waals surface area contributed by atoms with E-state index in [0.29, 0.717) is 34.7 Å². The van der Waals surface area contributed by atoms with E-state index in [0.717, 1.165) is 0 Å². The van der Waals surface area contributed by atoms with Crippen molar-refractivity contribution < 1.29 is 32.3 Å². The SMILES string of the molecule is CCCC(C(N)=O)C(CCC(F)(F)F)C(=O)NC1N=C(c2ccccc2)c2cccc(OC)c2NC1=O. The summed E-state index contributed by atoms with van der Waals surface area (Å²) in [4.78, 5) is 43.0. The molecule has 0 aromatic heterocycles. The van der Waals surface area contributed by atoms with Crippen LogP contribution in [0.2, 0.25) is 0 Å². The summed E-state index contributed by atoms with van der Waals surface area (Å²) in [5.41, 5.74) is 7.33. The van der Waals surface area contributed by atoms with Gasteiger partial charge in [0.05, 0.1) is 18.5 Å². The van der Waals surface area contributed by atoms with Crippen LogP contribution < -0.4 is 21.1 Å². The van der Waals surface area contributed by atoms with Gasteiger partial charge in [-0.3, -0.25) is 14.4 Å². The number of methoxy groups -OCH3 is 1. The highest BCUT2D eigenvalue weighted by molar-refractivity contribution is 6.20. The molecule has 0 saturated heterocycles. The fourth-order valence-electron chi connectivity index (χ4n) is 4.33. The molecule has 1 aliphatic heterocycles. The van der Waals surface area contributed by atoms with Crippen molar-refractivity contribution in [2.24, 2.45) is 22.6 Å². The number of aliphatic imine (C=N–C) groups is 1. The average Bonchev–Trinajstić information content (AvgIpc) is 2.99. The number of nitrogens with two attached hydrogens (primary N) is 1. The summed E-state index contributed by atoms with van der Waals surface area (Å²) >= 11 is 0. The quantitative estimate of drug-likeness (QED) is 0.443. The van der Waals surface area contributed by atoms with Gasteiger partial charge >= 0.3 is 6.18 Å². The fraction of sp³-hybridized carbons (Fsp3) is 0.385. The normalized spacial score (nSPS) is 16.9. The van der Waals surface area contributed by atoms with E-state index in [4.69, 9.17) is 10.5 Å². The predicted molar refractivity (Wildman–Crippen MR) is 132 cm³/mol. The Morgan fingerprint density at radius 1 is 1.11 bits per heavy atom. The Hall–Kier alpha value is -3.89. The molecular weight excluding hydrogens is 489 g/mol. The van der Waals surface area contributed by atoms with Crippen molar-refractivity contribution in [1.29, 1.82) is 0 Å². The highest BCUT2D eigenvalue weighted by Gasteiger charge is 2.38. The van der Waals surface area contributed by atoms with Crippen molar-refractivity contribution >= 4 is 29.1 Å². The second-order valence-corrected chi connectivity index (χ2v) is 8.68. The average molecular weight is 519 g/mol. The van der Waals surface area contributed by atoms with Gasteiger partial charge in [0.25, 0.3) is 5.91 Å². The number of benzene rings is 2. The Morgan fingerprint density at radius 2 is 1.81 bits per heavy atom. The number of carbonyl (C=O) groups excluding carboxylic acids is 3. The summed E-state index contributed by atoms with van der Waals surface area (Å²) in [5, 5.41) is 5.16. The minimum absolute atomic E-state index is 0.128. The lowest BCUT2D eigenvalue weighted by atomic mass is 9.83. The summed E-state index contributed by atoms with van der Waals surface area (Å²) in [6.45, 7) is 1.73. The molecule has 1 heterocycles. The van der Waals surface area contributed by atoms with Crippen LogP contribution in [0.25, 0.3) is 0 Å². The van der Waals surface area contributed by atoms with E-state index in [1.807, 2.05) is 0 Å². The molecule has 3 unspecified atom stereocenters. The Balaban J connectivity index is 2.01. The summed E-state index contributed by atoms with van der Waals surface area (Å²) in [5.74, 6) is -4.65. The molecule has 0 radical (unpaired) electrons. The minimum Gasteiger partial charge on any atom is -0.495 e. The molecule has 1 aliphatic rings. The highest BCUT2D eigenvalue weighted by Crippen LogP contribution is 2.33. The summed E-state index contributed by atoms with van der Waals surface area (Å²) in [7, 11) is 1.44. The Kier molecular flexibility index (Phi) is 8.90. The van der Waals surface area contributed by atoms with Crippen LogP contribution in [0.3, 0.4) is 0 Å². The van der Waals surface area contributed by atoms with Gasteiger partial charge in [0.2, 0.25) is 18.0 Å². The molecule has 2 aromatic rings. The van der Waals surface area contributed by atoms with E-state index in [-0.39, 0.29) is 6.42 Å². The number of hydrogen-bond acceptors (Lipinski definition) is 5. The van der Waals surface area contributed by atoms with Gasteiger partial charge in [0, 0.05) is 29.4 Å². The number of nitrogens with zero attached hydrogens (tertiary/aromatic N) is 1. The largest absolute Gasteiger partial charge is 0.495 e. The van der Waals surface area contributed by atoms with Gasteiger partial charge in [0.15, 0.2) is 0 Å². The number of ether oxygens (including phenoxy) is 1. The van der Waals surface area contributed by atoms with Gasteiger partial charge in [0.1, 0.15) is 5.75 Å². The second-order valence-electron chi connectivity index (χ2n) is 8.68. The smallest absolute Gasteiger partial charge is 0.389 e. The van der Waals surface area contributed by atoms with Gasteiger partial charge in [-0.2, -0.15) is 13.2 Å². The van der Waals surface area contributed by atoms with Crippen molar-refractivity contribution in [2.45, 2.75) is 44.9 Å². The molecule has 37 heavy (non-hydrogen) atoms. The predicted octanol–water partition coefficient (Wildman–Crippen LogP) is 3.79. The van der Waals surface area contributed by atoms with Gasteiger partial charge in [-0.15, -0.1) is 0 Å². The Labute approximate surface area is 212 Å². The van der Waals surface area contributed by atoms with Crippen LogP contribution in [-0.2, 0) is 14.4 Å². The summed E-state index contributed by atoms with van der Waals surface area (Å²) in [6.07, 6.45) is -7.40. The van der Waals surface area contributed by atoms with E-state index >= 15 is 0 Å². The van der Waals surface area contributed by atoms with Gasteiger partial charge in [-0.05, 0) is 18.9 Å². The number of amides is 3. The third-order valence-electron chi connectivity index (χ3n) is 6.11. The van der Waals surface area contributed by atoms with E-state index in [1.54, 1.807) is 55.5 Å². The molecule has 3 atom stereocenters. The fourth-order valence-corrected chi connectivity index (χ4v) is 4.33. The van der Waals surface area contributed by atoms with Crippen LogP contribution in [0.4, 0.5) is 18.9 Å². The zero-order chi connectivity index (χ0) is 27.2. The van der Waals surface area contributed by atoms with Crippen LogP contribution in [0.15, 0.2) is 53.5 Å². The van der Waals surface area contributed by atoms with Crippen LogP contribution in [0.5, 0.6) is 5.75 Å². The second kappa shape index (κ2) is 11.9. The number of benzodiazepines with no additional fused rings is 1. The number of carbonyl (C=O) groups is 3. The molecule has 198 valence electrons. The maximum Gasteiger partial charge on any atom is 0.389 e. The molecule has 0 saturated carbocycles. The first-order valence-electron chi connectivity index (χ1n) is 11.8. The lowest BCUT2D eigenvalue weighted by molar-refractivity contribution is -0.146. The first kappa shape index (κ1) is 27.7. The van der Waals surface area contributed by atoms with Crippen molar-refractivity contribution in [3.05, 3.63) is 59.7 Å². The van der Waals surface area contributed by atoms with Crippen molar-refractivity contribution in [3.8, 4) is 5.75 Å². The van der Waals surface area contributed by atoms with Crippen LogP contribution in [0.1, 0.15) is 43.7 Å². The maximum absolute atomic E-state index is 13.3. The van der Waals surface area contributed by atoms with Gasteiger partial charge < -0.3 is 21.1 Å². The lowest BCUT2D eigenvalue weighted by Crippen LogP contribution is -2.48. The molecule has 0 fully saturated rings. The molecule has 3 rings (SSSR count). The summed E-state index contributed by atoms with van der Waals surface area (Å²) in [6, 6.07) is 14.0. The summed E-state index contributed by atoms with van der Waals surface area (Å²) < 4.78 is 44.4. The minimum atomic E-state index is -4.54. The monoisotopic (exact) mass is 518 g/mol. The topological polar surface area (TPSA) is 123 Å². The molecule has 2 aromatic carbocycles. The molecule has 8 nitrogen and oxygen atoms in total. The van der Waals surface area contributed by atoms with E-state index in [9.17, 15) is 27.6 Å². The van der Waals surface area contributed by atoms with Crippen molar-refractivity contribution in [1.82, 2.24) is 5.32 Å². The van der Waals surface area contributed by atoms with E-state index in [1.165, 1.54) is 7.11 Å². The molecule has 0 bridgehead atoms. The number of fused-ring (bicyclic) bond motifs is 1. The number of anilines is 1. The molecule has 4 N–H and O–H groups in total. The Bertz CT molecular complexity index is 1170. The first-order valence-corrected chi connectivity index (χ1v) is 11.8. The Morgan fingerprint density at radius 3 is 2.41 bits per heavy atom. The van der Waals surface area contributed by atoms with Crippen molar-refractivity contribution in [3.63, 3.8) is 0 Å². The highest BCUT2D eigenvalue weighted by atomic mass is 19.4. The first-order chi connectivity index (χ1) is 17.6. The molecule has 3 amide bonds. The number of rotatable bonds is 10. The number of alkyl halides is 3. The van der Waals surface area contributed by atoms with Gasteiger partial charge in [-0.1, -0.05) is 55.8 Å². The van der Waals surface area contributed by atoms with E-state index in [2.05, 4.69) is 15.6 Å². The third kappa shape index (κ3) is 6.87. The van der Waals surface area contributed by atoms with Gasteiger partial charge in [-0.25, -0.2) is 4.99 Å². The molecule has 0 aliphatic carbocycles. The number of hydrogen-bond donors (Lipinski definition) is 3. The van der Waals surface area contributed by atoms with Crippen LogP contribution >= 0.6 is 0 Å². The number of halogens is 3. The number of primary amides is 1. The number of para-hydroxylation sites is 1. The third-order valence-corrected chi connectivity index (χ3v) is 6.11. The van der Waals surface area contributed by atoms with Crippen molar-refractivity contribution in [2.75, 3.05) is 12.4 Å². The standard InChI is InChI=1S/C26H29F3N4O4/c1-3-8-16(22(30)34)17(13-14-26(27,28)29)24(35)33-23-25(36)32-21-18(11-7-12-19(21)37-2)20(31-23)15-9-5-4-6-10-15/h4-7,9-12,16-17,23H,3,8,13-14H2,1-2H3,(H2,30,34)(H,32,36)(H,33,35). The lowest BCUT2D eigenvalue weighted by Gasteiger charge is -2.25. The molecular formula is C26H29F3N4O4.